The van der Waals surface area contributed by atoms with Crippen LogP contribution in [0.5, 0.6) is 0 Å². The zero-order chi connectivity index (χ0) is 26.6. The third-order valence-electron chi connectivity index (χ3n) is 5.11. The maximum Gasteiger partial charge on any atom is 0.299 e. The summed E-state index contributed by atoms with van der Waals surface area (Å²) in [4.78, 5) is 20.5. The molecule has 0 aromatic heterocycles. The van der Waals surface area contributed by atoms with E-state index in [-0.39, 0.29) is 30.0 Å². The van der Waals surface area contributed by atoms with E-state index in [0.717, 1.165) is 31.9 Å². The Morgan fingerprint density at radius 1 is 0.784 bits per heavy atom. The fourth-order valence-electron chi connectivity index (χ4n) is 3.25. The molecular weight excluding hydrogens is 494 g/mol. The van der Waals surface area contributed by atoms with Crippen molar-refractivity contribution < 1.29 is 43.0 Å². The van der Waals surface area contributed by atoms with Crippen LogP contribution in [0.3, 0.4) is 0 Å². The largest absolute Gasteiger partial charge is 0.377 e. The first kappa shape index (κ1) is 30.8. The van der Waals surface area contributed by atoms with Gasteiger partial charge in [0.15, 0.2) is 6.29 Å². The number of nitrogens with zero attached hydrogens (tertiary/aromatic N) is 2. The van der Waals surface area contributed by atoms with Gasteiger partial charge in [-0.1, -0.05) is 0 Å². The highest BCUT2D eigenvalue weighted by atomic mass is 16.7. The zero-order valence-corrected chi connectivity index (χ0v) is 21.0. The van der Waals surface area contributed by atoms with Gasteiger partial charge in [0.25, 0.3) is 11.4 Å². The number of anilines is 1. The Morgan fingerprint density at radius 3 is 1.86 bits per heavy atom. The summed E-state index contributed by atoms with van der Waals surface area (Å²) in [6.45, 7) is 5.90. The Balaban J connectivity index is 1.31. The van der Waals surface area contributed by atoms with Gasteiger partial charge in [0.1, 0.15) is 5.69 Å². The average Bonchev–Trinajstić information content (AvgIpc) is 2.90. The molecule has 14 nitrogen and oxygen atoms in total. The molecule has 0 amide bonds. The molecule has 1 N–H and O–H groups in total. The van der Waals surface area contributed by atoms with E-state index in [1.807, 2.05) is 0 Å². The van der Waals surface area contributed by atoms with Crippen molar-refractivity contribution in [1.82, 2.24) is 0 Å². The molecule has 1 heterocycles. The summed E-state index contributed by atoms with van der Waals surface area (Å²) in [5, 5.41) is 24.7. The van der Waals surface area contributed by atoms with Crippen molar-refractivity contribution in [2.75, 3.05) is 91.1 Å². The first-order chi connectivity index (χ1) is 18.1. The van der Waals surface area contributed by atoms with Crippen molar-refractivity contribution in [3.8, 4) is 0 Å². The van der Waals surface area contributed by atoms with Crippen LogP contribution in [0.1, 0.15) is 19.3 Å². The van der Waals surface area contributed by atoms with Gasteiger partial charge < -0.3 is 38.5 Å². The Morgan fingerprint density at radius 2 is 1.35 bits per heavy atom. The Kier molecular flexibility index (Phi) is 16.3. The van der Waals surface area contributed by atoms with Crippen molar-refractivity contribution in [3.05, 3.63) is 38.4 Å². The van der Waals surface area contributed by atoms with Crippen molar-refractivity contribution in [2.24, 2.45) is 0 Å². The Labute approximate surface area is 215 Å². The summed E-state index contributed by atoms with van der Waals surface area (Å²) in [5.74, 6) is 0. The average molecular weight is 532 g/mol. The minimum absolute atomic E-state index is 0.0889. The van der Waals surface area contributed by atoms with E-state index in [9.17, 15) is 20.2 Å². The number of nitro benzene ring substituents is 2. The lowest BCUT2D eigenvalue weighted by atomic mass is 10.2. The van der Waals surface area contributed by atoms with Gasteiger partial charge in [0.2, 0.25) is 0 Å². The molecule has 0 saturated carbocycles. The molecule has 1 aromatic rings. The van der Waals surface area contributed by atoms with Crippen LogP contribution in [0.15, 0.2) is 18.2 Å². The Hall–Kier alpha value is -2.46. The number of non-ortho nitro benzene ring substituents is 1. The molecule has 0 bridgehead atoms. The molecular formula is C23H37N3O11. The van der Waals surface area contributed by atoms with E-state index in [1.54, 1.807) is 0 Å². The van der Waals surface area contributed by atoms with Crippen molar-refractivity contribution in [1.29, 1.82) is 0 Å². The number of benzene rings is 1. The number of nitrogens with one attached hydrogen (secondary N) is 1. The maximum atomic E-state index is 11.1. The highest BCUT2D eigenvalue weighted by Gasteiger charge is 2.19. The number of nitro groups is 2. The number of rotatable bonds is 22. The summed E-state index contributed by atoms with van der Waals surface area (Å²) in [5.41, 5.74) is -0.504. The van der Waals surface area contributed by atoms with E-state index in [0.29, 0.717) is 72.6 Å². The van der Waals surface area contributed by atoms with Gasteiger partial charge in [-0.3, -0.25) is 20.2 Å². The normalized spacial score (nSPS) is 15.5. The highest BCUT2D eigenvalue weighted by molar-refractivity contribution is 5.65. The molecule has 1 fully saturated rings. The minimum Gasteiger partial charge on any atom is -0.377 e. The minimum atomic E-state index is -0.678. The molecule has 37 heavy (non-hydrogen) atoms. The predicted octanol–water partition coefficient (Wildman–Crippen LogP) is 2.54. The summed E-state index contributed by atoms with van der Waals surface area (Å²) < 4.78 is 38.2. The fourth-order valence-corrected chi connectivity index (χ4v) is 3.25. The molecule has 1 aromatic carbocycles. The molecule has 1 atom stereocenters. The summed E-state index contributed by atoms with van der Waals surface area (Å²) in [6.07, 6.45) is 3.11. The van der Waals surface area contributed by atoms with Crippen LogP contribution in [0.25, 0.3) is 0 Å². The molecule has 0 aliphatic carbocycles. The van der Waals surface area contributed by atoms with Crippen LogP contribution in [0, 0.1) is 20.2 Å². The van der Waals surface area contributed by atoms with Crippen LogP contribution in [0.4, 0.5) is 17.1 Å². The molecule has 14 heteroatoms. The van der Waals surface area contributed by atoms with E-state index in [1.165, 1.54) is 12.1 Å². The quantitative estimate of drug-likeness (QED) is 0.132. The van der Waals surface area contributed by atoms with Gasteiger partial charge in [-0.25, -0.2) is 0 Å². The van der Waals surface area contributed by atoms with Crippen LogP contribution in [-0.4, -0.2) is 102 Å². The first-order valence-corrected chi connectivity index (χ1v) is 12.4. The number of hydrogen-bond donors (Lipinski definition) is 1. The topological polar surface area (TPSA) is 163 Å². The predicted molar refractivity (Wildman–Crippen MR) is 132 cm³/mol. The van der Waals surface area contributed by atoms with E-state index in [4.69, 9.17) is 33.2 Å². The highest BCUT2D eigenvalue weighted by Crippen LogP contribution is 2.28. The molecule has 1 aliphatic heterocycles. The first-order valence-electron chi connectivity index (χ1n) is 12.4. The fraction of sp³-hybridized carbons (Fsp3) is 0.739. The molecule has 1 saturated heterocycles. The number of hydrogen-bond acceptors (Lipinski definition) is 12. The van der Waals surface area contributed by atoms with Crippen molar-refractivity contribution >= 4 is 17.1 Å². The summed E-state index contributed by atoms with van der Waals surface area (Å²) >= 11 is 0. The van der Waals surface area contributed by atoms with Crippen molar-refractivity contribution in [3.63, 3.8) is 0 Å². The molecule has 0 spiro atoms. The second-order valence-electron chi connectivity index (χ2n) is 7.87. The van der Waals surface area contributed by atoms with E-state index >= 15 is 0 Å². The van der Waals surface area contributed by atoms with Crippen molar-refractivity contribution in [2.45, 2.75) is 25.6 Å². The van der Waals surface area contributed by atoms with Gasteiger partial charge in [-0.05, 0) is 25.3 Å². The lowest BCUT2D eigenvalue weighted by Gasteiger charge is -2.22. The van der Waals surface area contributed by atoms with Gasteiger partial charge in [0, 0.05) is 19.2 Å². The van der Waals surface area contributed by atoms with Crippen LogP contribution < -0.4 is 5.32 Å². The van der Waals surface area contributed by atoms with Gasteiger partial charge >= 0.3 is 0 Å². The lowest BCUT2D eigenvalue weighted by molar-refractivity contribution is -0.393. The van der Waals surface area contributed by atoms with E-state index < -0.39 is 9.85 Å². The van der Waals surface area contributed by atoms with Gasteiger partial charge in [0.05, 0.1) is 88.6 Å². The summed E-state index contributed by atoms with van der Waals surface area (Å²) in [7, 11) is 0. The second kappa shape index (κ2) is 19.6. The third kappa shape index (κ3) is 14.2. The second-order valence-corrected chi connectivity index (χ2v) is 7.87. The Bertz CT molecular complexity index is 778. The molecule has 1 aliphatic rings. The molecule has 1 unspecified atom stereocenters. The molecule has 0 radical (unpaired) electrons. The zero-order valence-electron chi connectivity index (χ0n) is 21.0. The number of ether oxygens (including phenoxy) is 7. The molecule has 210 valence electrons. The SMILES string of the molecule is O=[N+]([O-])c1ccc(NCCOCCOCCOCCOCCOCCOC2CCCCO2)c([N+](=O)[O-])c1. The smallest absolute Gasteiger partial charge is 0.299 e. The van der Waals surface area contributed by atoms with E-state index in [2.05, 4.69) is 5.32 Å². The summed E-state index contributed by atoms with van der Waals surface area (Å²) in [6, 6.07) is 3.44. The lowest BCUT2D eigenvalue weighted by Crippen LogP contribution is -2.24. The standard InChI is InChI=1S/C23H37N3O11/c27-25(28)20-4-5-21(22(19-20)26(29)30)24-6-8-31-9-10-32-11-12-33-13-14-34-15-16-35-17-18-37-23-3-1-2-7-36-23/h4-5,19,23-24H,1-3,6-18H2. The van der Waals surface area contributed by atoms with Crippen LogP contribution in [0.2, 0.25) is 0 Å². The van der Waals surface area contributed by atoms with Crippen LogP contribution >= 0.6 is 0 Å². The third-order valence-corrected chi connectivity index (χ3v) is 5.11. The van der Waals surface area contributed by atoms with Gasteiger partial charge in [-0.2, -0.15) is 0 Å². The molecule has 2 rings (SSSR count). The monoisotopic (exact) mass is 531 g/mol. The van der Waals surface area contributed by atoms with Crippen LogP contribution in [-0.2, 0) is 33.2 Å². The maximum absolute atomic E-state index is 11.1. The van der Waals surface area contributed by atoms with Gasteiger partial charge in [-0.15, -0.1) is 0 Å².